The molecule has 0 spiro atoms. The summed E-state index contributed by atoms with van der Waals surface area (Å²) < 4.78 is 94.3. The second kappa shape index (κ2) is 21.8. The van der Waals surface area contributed by atoms with E-state index in [1.54, 1.807) is 41.5 Å². The van der Waals surface area contributed by atoms with E-state index in [1.165, 1.54) is 0 Å². The predicted molar refractivity (Wildman–Crippen MR) is 214 cm³/mol. The minimum atomic E-state index is -2.24. The molecule has 360 valence electrons. The van der Waals surface area contributed by atoms with E-state index in [4.69, 9.17) is 30.6 Å². The van der Waals surface area contributed by atoms with Crippen LogP contribution in [0.15, 0.2) is 24.3 Å². The second-order valence-electron chi connectivity index (χ2n) is 17.6. The molecule has 65 heavy (non-hydrogen) atoms. The van der Waals surface area contributed by atoms with Gasteiger partial charge in [0.05, 0.1) is 43.9 Å². The number of hydroxylamine groups is 4. The third-order valence-electron chi connectivity index (χ3n) is 9.95. The predicted octanol–water partition coefficient (Wildman–Crippen LogP) is 2.12. The van der Waals surface area contributed by atoms with E-state index in [0.29, 0.717) is 34.4 Å². The molecule has 2 aromatic rings. The number of aliphatic hydroxyl groups excluding tert-OH is 1. The zero-order chi connectivity index (χ0) is 48.7. The van der Waals surface area contributed by atoms with Crippen LogP contribution in [0, 0.1) is 34.9 Å². The van der Waals surface area contributed by atoms with Crippen molar-refractivity contribution >= 4 is 35.6 Å². The summed E-state index contributed by atoms with van der Waals surface area (Å²) in [5.41, 5.74) is 9.95. The van der Waals surface area contributed by atoms with Gasteiger partial charge in [0.15, 0.2) is 29.4 Å². The van der Waals surface area contributed by atoms with Crippen molar-refractivity contribution < 1.29 is 79.4 Å². The molecule has 1 unspecified atom stereocenters. The molecule has 2 aromatic carbocycles. The molecule has 5 N–H and O–H groups in total. The zero-order valence-electron chi connectivity index (χ0n) is 36.7. The molecule has 23 heteroatoms. The van der Waals surface area contributed by atoms with Crippen LogP contribution < -0.4 is 11.5 Å². The van der Waals surface area contributed by atoms with Gasteiger partial charge < -0.3 is 45.5 Å². The maximum Gasteiger partial charge on any atom is 0.361 e. The van der Waals surface area contributed by atoms with Gasteiger partial charge in [0, 0.05) is 50.1 Å². The van der Waals surface area contributed by atoms with E-state index in [-0.39, 0.29) is 43.7 Å². The monoisotopic (exact) mass is 932 g/mol. The Morgan fingerprint density at radius 1 is 0.615 bits per heavy atom. The maximum atomic E-state index is 14.3. The summed E-state index contributed by atoms with van der Waals surface area (Å²) in [5.74, 6) is -13.6. The van der Waals surface area contributed by atoms with Crippen LogP contribution in [0.4, 0.5) is 26.3 Å². The summed E-state index contributed by atoms with van der Waals surface area (Å²) in [6.45, 7) is 7.95. The minimum Gasteiger partial charge on any atom is -0.381 e. The summed E-state index contributed by atoms with van der Waals surface area (Å²) >= 11 is 0. The van der Waals surface area contributed by atoms with Crippen LogP contribution in [0.1, 0.15) is 71.9 Å². The van der Waals surface area contributed by atoms with Crippen LogP contribution >= 0.6 is 0 Å². The summed E-state index contributed by atoms with van der Waals surface area (Å²) in [7, 11) is 0. The Hall–Kier alpha value is -5.36. The molecular weight excluding hydrogens is 878 g/mol. The van der Waals surface area contributed by atoms with Crippen LogP contribution in [0.2, 0.25) is 0 Å². The second-order valence-corrected chi connectivity index (χ2v) is 17.6. The van der Waals surface area contributed by atoms with Crippen LogP contribution in [0.5, 0.6) is 0 Å². The van der Waals surface area contributed by atoms with Gasteiger partial charge in [-0.2, -0.15) is 10.1 Å². The Morgan fingerprint density at radius 2 is 0.985 bits per heavy atom. The molecule has 2 heterocycles. The number of amides is 4. The lowest BCUT2D eigenvalue weighted by Gasteiger charge is -2.40. The number of nitrogens with zero attached hydrogens (tertiary/aromatic N) is 4. The van der Waals surface area contributed by atoms with Gasteiger partial charge in [-0.1, -0.05) is 0 Å². The number of hydrogen-bond acceptors (Lipinski definition) is 13. The first-order valence-electron chi connectivity index (χ1n) is 20.5. The summed E-state index contributed by atoms with van der Waals surface area (Å²) in [5, 5.41) is 11.8. The number of ether oxygens (including phenoxy) is 2. The number of rotatable bonds is 17. The molecule has 2 fully saturated rings. The van der Waals surface area contributed by atoms with Crippen molar-refractivity contribution in [1.82, 2.24) is 19.9 Å². The number of nitrogens with two attached hydrogens (primary N) is 2. The number of piperazine rings is 2. The van der Waals surface area contributed by atoms with E-state index < -0.39 is 151 Å². The Kier molecular flexibility index (Phi) is 17.5. The maximum absolute atomic E-state index is 14.3. The highest BCUT2D eigenvalue weighted by Gasteiger charge is 2.43. The normalized spacial score (nSPS) is 18.7. The molecule has 2 saturated heterocycles. The van der Waals surface area contributed by atoms with Crippen molar-refractivity contribution in [2.45, 2.75) is 115 Å². The molecular formula is C42H54F6N6O11. The molecule has 0 saturated carbocycles. The number of carbonyl (C=O) groups excluding carboxylic acids is 6. The standard InChI is InChI=1S/C42H54F6N6O11/c1-41(2,3)62-20-32-38(59)53(9-7-51(32)35(56)15-24(49)11-22-13-28(45)30(47)17-26(22)43)64-37(58)19-34(55)40(61)65-54-10-8-52(33(39(54)60)21-63-42(4,5)6)36(57)16-25(50)12-23-14-29(46)31(48)18-27(23)44/h13-14,17-18,24-25,32-34,55H,7-12,15-16,19-21,49-50H2,1-6H3/t24-,25-,32-,33-,34?/m1/s1. The molecule has 0 radical (unpaired) electrons. The number of aliphatic hydroxyl groups is 1. The first-order valence-corrected chi connectivity index (χ1v) is 20.5. The van der Waals surface area contributed by atoms with Gasteiger partial charge in [-0.05, 0) is 77.6 Å². The van der Waals surface area contributed by atoms with Gasteiger partial charge in [0.1, 0.15) is 23.7 Å². The van der Waals surface area contributed by atoms with Gasteiger partial charge in [-0.15, -0.1) is 0 Å². The number of hydrogen-bond donors (Lipinski definition) is 3. The Morgan fingerprint density at radius 3 is 1.37 bits per heavy atom. The lowest BCUT2D eigenvalue weighted by Crippen LogP contribution is -2.61. The fraction of sp³-hybridized carbons (Fsp3) is 0.571. The van der Waals surface area contributed by atoms with E-state index in [1.807, 2.05) is 0 Å². The zero-order valence-corrected chi connectivity index (χ0v) is 36.7. The number of benzene rings is 2. The Balaban J connectivity index is 1.36. The summed E-state index contributed by atoms with van der Waals surface area (Å²) in [4.78, 5) is 92.6. The summed E-state index contributed by atoms with van der Waals surface area (Å²) in [6, 6.07) is -3.00. The van der Waals surface area contributed by atoms with Crippen LogP contribution in [0.25, 0.3) is 0 Å². The fourth-order valence-corrected chi connectivity index (χ4v) is 6.69. The van der Waals surface area contributed by atoms with E-state index in [9.17, 15) is 60.2 Å². The van der Waals surface area contributed by atoms with Gasteiger partial charge in [-0.25, -0.2) is 35.9 Å². The average Bonchev–Trinajstić information content (AvgIpc) is 3.18. The van der Waals surface area contributed by atoms with Crippen LogP contribution in [-0.4, -0.2) is 141 Å². The highest BCUT2D eigenvalue weighted by Crippen LogP contribution is 2.23. The Bertz CT molecular complexity index is 2100. The van der Waals surface area contributed by atoms with Crippen molar-refractivity contribution in [3.63, 3.8) is 0 Å². The SMILES string of the molecule is CC(C)(C)OC[C@@H]1C(=O)N(OC(=O)CC(O)C(=O)ON2CCN(C(=O)C[C@H](N)Cc3cc(F)c(F)cc3F)[C@H](COC(C)(C)C)C2=O)CCN1C(=O)C[C@H](N)Cc1cc(F)c(F)cc1F. The highest BCUT2D eigenvalue weighted by molar-refractivity contribution is 5.91. The van der Waals surface area contributed by atoms with Crippen LogP contribution in [-0.2, 0) is 60.8 Å². The van der Waals surface area contributed by atoms with Crippen molar-refractivity contribution in [3.8, 4) is 0 Å². The van der Waals surface area contributed by atoms with Gasteiger partial charge in [0.2, 0.25) is 11.8 Å². The van der Waals surface area contributed by atoms with Crippen molar-refractivity contribution in [2.24, 2.45) is 11.5 Å². The molecule has 5 atom stereocenters. The number of carbonyl (C=O) groups is 6. The summed E-state index contributed by atoms with van der Waals surface area (Å²) in [6.07, 6.45) is -4.95. The van der Waals surface area contributed by atoms with Gasteiger partial charge in [-0.3, -0.25) is 19.2 Å². The Labute approximate surface area is 370 Å². The van der Waals surface area contributed by atoms with Crippen LogP contribution in [0.3, 0.4) is 0 Å². The lowest BCUT2D eigenvalue weighted by atomic mass is 10.0. The minimum absolute atomic E-state index is 0.234. The van der Waals surface area contributed by atoms with E-state index >= 15 is 0 Å². The van der Waals surface area contributed by atoms with E-state index in [2.05, 4.69) is 0 Å². The molecule has 4 rings (SSSR count). The number of halogens is 6. The third-order valence-corrected chi connectivity index (χ3v) is 9.95. The lowest BCUT2D eigenvalue weighted by molar-refractivity contribution is -0.221. The van der Waals surface area contributed by atoms with Crippen molar-refractivity contribution in [3.05, 3.63) is 70.3 Å². The highest BCUT2D eigenvalue weighted by atomic mass is 19.2. The quantitative estimate of drug-likeness (QED) is 0.153. The molecule has 17 nitrogen and oxygen atoms in total. The van der Waals surface area contributed by atoms with Crippen molar-refractivity contribution in [1.29, 1.82) is 0 Å². The fourth-order valence-electron chi connectivity index (χ4n) is 6.69. The first-order chi connectivity index (χ1) is 30.1. The van der Waals surface area contributed by atoms with Gasteiger partial charge >= 0.3 is 11.9 Å². The molecule has 0 aliphatic carbocycles. The average molecular weight is 933 g/mol. The molecule has 4 amide bonds. The topological polar surface area (TPSA) is 225 Å². The molecule has 2 aliphatic rings. The largest absolute Gasteiger partial charge is 0.381 e. The molecule has 0 bridgehead atoms. The smallest absolute Gasteiger partial charge is 0.361 e. The van der Waals surface area contributed by atoms with Crippen molar-refractivity contribution in [2.75, 3.05) is 39.4 Å². The van der Waals surface area contributed by atoms with Gasteiger partial charge in [0.25, 0.3) is 11.8 Å². The molecule has 2 aliphatic heterocycles. The molecule has 0 aromatic heterocycles. The first kappa shape index (κ1) is 52.3. The van der Waals surface area contributed by atoms with E-state index in [0.717, 1.165) is 9.80 Å². The third kappa shape index (κ3) is 14.8.